The lowest BCUT2D eigenvalue weighted by Crippen LogP contribution is -2.22. The van der Waals surface area contributed by atoms with Gasteiger partial charge in [-0.15, -0.1) is 28.1 Å². The zero-order chi connectivity index (χ0) is 20.4. The summed E-state index contributed by atoms with van der Waals surface area (Å²) < 4.78 is 1.59. The maximum absolute atomic E-state index is 13.3. The molecule has 29 heavy (non-hydrogen) atoms. The van der Waals surface area contributed by atoms with Gasteiger partial charge in [-0.2, -0.15) is 5.26 Å². The fourth-order valence-electron chi connectivity index (χ4n) is 2.85. The third kappa shape index (κ3) is 3.70. The summed E-state index contributed by atoms with van der Waals surface area (Å²) in [7, 11) is 0. The van der Waals surface area contributed by atoms with Gasteiger partial charge in [0.1, 0.15) is 15.9 Å². The zero-order valence-electron chi connectivity index (χ0n) is 15.5. The lowest BCUT2D eigenvalue weighted by molar-refractivity contribution is 0.672. The third-order valence-corrected chi connectivity index (χ3v) is 6.08. The number of nitrogens with zero attached hydrogens (tertiary/aromatic N) is 5. The molecule has 8 heteroatoms. The molecule has 0 amide bonds. The van der Waals surface area contributed by atoms with Gasteiger partial charge in [0.15, 0.2) is 10.9 Å². The van der Waals surface area contributed by atoms with Crippen molar-refractivity contribution in [3.05, 3.63) is 76.0 Å². The zero-order valence-corrected chi connectivity index (χ0v) is 17.1. The third-order valence-electron chi connectivity index (χ3n) is 4.28. The second-order valence-electron chi connectivity index (χ2n) is 6.27. The van der Waals surface area contributed by atoms with Crippen LogP contribution in [-0.2, 0) is 6.54 Å². The molecule has 4 rings (SSSR count). The van der Waals surface area contributed by atoms with Crippen molar-refractivity contribution in [2.75, 3.05) is 0 Å². The Kier molecular flexibility index (Phi) is 5.25. The quantitative estimate of drug-likeness (QED) is 0.353. The van der Waals surface area contributed by atoms with E-state index in [1.807, 2.05) is 42.6 Å². The van der Waals surface area contributed by atoms with E-state index in [1.54, 1.807) is 22.8 Å². The Labute approximate surface area is 175 Å². The van der Waals surface area contributed by atoms with Crippen LogP contribution in [0.15, 0.2) is 69.4 Å². The van der Waals surface area contributed by atoms with Gasteiger partial charge in [-0.1, -0.05) is 35.9 Å². The molecule has 4 aromatic rings. The Bertz CT molecular complexity index is 1300. The van der Waals surface area contributed by atoms with Crippen molar-refractivity contribution in [3.63, 3.8) is 0 Å². The second-order valence-corrected chi connectivity index (χ2v) is 8.11. The van der Waals surface area contributed by atoms with Gasteiger partial charge in [0.2, 0.25) is 0 Å². The molecule has 0 radical (unpaired) electrons. The van der Waals surface area contributed by atoms with Crippen molar-refractivity contribution in [1.82, 2.24) is 19.7 Å². The van der Waals surface area contributed by atoms with E-state index >= 15 is 0 Å². The van der Waals surface area contributed by atoms with Crippen molar-refractivity contribution in [2.45, 2.75) is 23.7 Å². The summed E-state index contributed by atoms with van der Waals surface area (Å²) in [4.78, 5) is 18.7. The topological polar surface area (TPSA) is 84.5 Å². The van der Waals surface area contributed by atoms with Crippen LogP contribution in [0.25, 0.3) is 21.3 Å². The maximum Gasteiger partial charge on any atom is 0.263 e. The number of benzene rings is 1. The predicted octanol–water partition coefficient (Wildman–Crippen LogP) is 4.43. The fraction of sp³-hybridized carbons (Fsp3) is 0.0952. The minimum Gasteiger partial charge on any atom is -0.283 e. The first kappa shape index (κ1) is 19.1. The van der Waals surface area contributed by atoms with Crippen molar-refractivity contribution in [2.24, 2.45) is 0 Å². The Morgan fingerprint density at radius 2 is 2.03 bits per heavy atom. The van der Waals surface area contributed by atoms with E-state index in [0.29, 0.717) is 26.9 Å². The minimum atomic E-state index is -0.115. The van der Waals surface area contributed by atoms with Gasteiger partial charge in [0.05, 0.1) is 5.39 Å². The van der Waals surface area contributed by atoms with Gasteiger partial charge in [0, 0.05) is 17.5 Å². The molecule has 6 nitrogen and oxygen atoms in total. The number of thiophene rings is 1. The average Bonchev–Trinajstić information content (AvgIpc) is 3.16. The molecule has 0 N–H and O–H groups in total. The summed E-state index contributed by atoms with van der Waals surface area (Å²) in [6, 6.07) is 13.3. The monoisotopic (exact) mass is 417 g/mol. The van der Waals surface area contributed by atoms with E-state index in [-0.39, 0.29) is 11.3 Å². The number of hydrogen-bond donors (Lipinski definition) is 0. The molecular formula is C21H15N5OS2. The first-order valence-corrected chi connectivity index (χ1v) is 10.4. The molecule has 0 aliphatic heterocycles. The number of fused-ring (bicyclic) bond motifs is 1. The van der Waals surface area contributed by atoms with Crippen LogP contribution in [0.5, 0.6) is 0 Å². The Hall–Kier alpha value is -3.28. The first-order chi connectivity index (χ1) is 14.1. The SMILES string of the molecule is C=CCn1c(Sc2ccc(C#N)nn2)nc2scc(-c3ccc(C)cc3)c2c1=O. The summed E-state index contributed by atoms with van der Waals surface area (Å²) >= 11 is 2.68. The van der Waals surface area contributed by atoms with Crippen molar-refractivity contribution < 1.29 is 0 Å². The molecule has 1 aromatic carbocycles. The van der Waals surface area contributed by atoms with E-state index in [9.17, 15) is 4.79 Å². The van der Waals surface area contributed by atoms with Crippen molar-refractivity contribution >= 4 is 33.3 Å². The van der Waals surface area contributed by atoms with Crippen molar-refractivity contribution in [1.29, 1.82) is 5.26 Å². The van der Waals surface area contributed by atoms with Crippen LogP contribution in [0.4, 0.5) is 0 Å². The molecule has 3 heterocycles. The molecule has 0 saturated heterocycles. The molecule has 3 aromatic heterocycles. The van der Waals surface area contributed by atoms with Crippen LogP contribution < -0.4 is 5.56 Å². The molecule has 0 unspecified atom stereocenters. The molecule has 0 spiro atoms. The number of hydrogen-bond acceptors (Lipinski definition) is 7. The lowest BCUT2D eigenvalue weighted by Gasteiger charge is -2.10. The largest absolute Gasteiger partial charge is 0.283 e. The summed E-state index contributed by atoms with van der Waals surface area (Å²) in [5, 5.41) is 20.4. The Morgan fingerprint density at radius 3 is 2.69 bits per heavy atom. The van der Waals surface area contributed by atoms with Crippen LogP contribution in [0.3, 0.4) is 0 Å². The molecule has 142 valence electrons. The van der Waals surface area contributed by atoms with Crippen LogP contribution in [-0.4, -0.2) is 19.7 Å². The highest BCUT2D eigenvalue weighted by molar-refractivity contribution is 7.99. The maximum atomic E-state index is 13.3. The summed E-state index contributed by atoms with van der Waals surface area (Å²) in [6.45, 7) is 6.13. The van der Waals surface area contributed by atoms with Gasteiger partial charge in [-0.25, -0.2) is 4.98 Å². The number of allylic oxidation sites excluding steroid dienone is 1. The van der Waals surface area contributed by atoms with E-state index in [1.165, 1.54) is 23.1 Å². The molecule has 0 saturated carbocycles. The summed E-state index contributed by atoms with van der Waals surface area (Å²) in [6.07, 6.45) is 1.67. The molecule has 0 bridgehead atoms. The number of nitriles is 1. The van der Waals surface area contributed by atoms with Crippen LogP contribution in [0, 0.1) is 18.3 Å². The highest BCUT2D eigenvalue weighted by Crippen LogP contribution is 2.33. The Morgan fingerprint density at radius 1 is 1.24 bits per heavy atom. The predicted molar refractivity (Wildman–Crippen MR) is 115 cm³/mol. The van der Waals surface area contributed by atoms with Crippen LogP contribution in [0.1, 0.15) is 11.3 Å². The summed E-state index contributed by atoms with van der Waals surface area (Å²) in [5.41, 5.74) is 3.16. The van der Waals surface area contributed by atoms with Gasteiger partial charge >= 0.3 is 0 Å². The van der Waals surface area contributed by atoms with E-state index in [2.05, 4.69) is 16.8 Å². The minimum absolute atomic E-state index is 0.115. The summed E-state index contributed by atoms with van der Waals surface area (Å²) in [5.74, 6) is 0. The highest BCUT2D eigenvalue weighted by atomic mass is 32.2. The van der Waals surface area contributed by atoms with Crippen LogP contribution >= 0.6 is 23.1 Å². The first-order valence-electron chi connectivity index (χ1n) is 8.72. The number of aromatic nitrogens is 4. The average molecular weight is 418 g/mol. The normalized spacial score (nSPS) is 10.8. The van der Waals surface area contributed by atoms with E-state index in [4.69, 9.17) is 10.2 Å². The van der Waals surface area contributed by atoms with Crippen LogP contribution in [0.2, 0.25) is 0 Å². The Balaban J connectivity index is 1.84. The number of rotatable bonds is 5. The molecule has 0 fully saturated rings. The molecule has 0 atom stereocenters. The molecule has 0 aliphatic carbocycles. The van der Waals surface area contributed by atoms with Gasteiger partial charge in [0.25, 0.3) is 5.56 Å². The van der Waals surface area contributed by atoms with Gasteiger partial charge in [-0.05, 0) is 36.4 Å². The van der Waals surface area contributed by atoms with Gasteiger partial charge < -0.3 is 0 Å². The van der Waals surface area contributed by atoms with E-state index < -0.39 is 0 Å². The lowest BCUT2D eigenvalue weighted by atomic mass is 10.1. The molecule has 0 aliphatic rings. The van der Waals surface area contributed by atoms with E-state index in [0.717, 1.165) is 16.7 Å². The fourth-order valence-corrected chi connectivity index (χ4v) is 4.65. The molecular weight excluding hydrogens is 402 g/mol. The number of aryl methyl sites for hydroxylation is 1. The second kappa shape index (κ2) is 7.99. The smallest absolute Gasteiger partial charge is 0.263 e. The highest BCUT2D eigenvalue weighted by Gasteiger charge is 2.18. The standard InChI is InChI=1S/C21H15N5OS2/c1-3-10-26-20(27)18-16(14-6-4-13(2)5-7-14)12-28-19(18)23-21(26)29-17-9-8-15(11-22)24-25-17/h3-9,12H,1,10H2,2H3. The van der Waals surface area contributed by atoms with Crippen molar-refractivity contribution in [3.8, 4) is 17.2 Å². The van der Waals surface area contributed by atoms with Gasteiger partial charge in [-0.3, -0.25) is 9.36 Å².